The molecular weight excluding hydrogens is 264 g/mol. The summed E-state index contributed by atoms with van der Waals surface area (Å²) in [5, 5.41) is 3.46. The summed E-state index contributed by atoms with van der Waals surface area (Å²) in [7, 11) is 0. The van der Waals surface area contributed by atoms with E-state index in [9.17, 15) is 0 Å². The minimum absolute atomic E-state index is 0.615. The molecule has 0 atom stereocenters. The van der Waals surface area contributed by atoms with E-state index in [0.29, 0.717) is 11.8 Å². The molecule has 1 aliphatic rings. The minimum atomic E-state index is 0.615. The fourth-order valence-corrected chi connectivity index (χ4v) is 2.45. The topological polar surface area (TPSA) is 43.4 Å². The predicted octanol–water partition coefficient (Wildman–Crippen LogP) is 2.94. The highest BCUT2D eigenvalue weighted by molar-refractivity contribution is 5.32. The van der Waals surface area contributed by atoms with Gasteiger partial charge in [-0.2, -0.15) is 0 Å². The molecule has 1 fully saturated rings. The number of hydrogen-bond acceptors (Lipinski definition) is 4. The second-order valence-corrected chi connectivity index (χ2v) is 6.32. The Morgan fingerprint density at radius 1 is 1.38 bits per heavy atom. The lowest BCUT2D eigenvalue weighted by atomic mass is 10.0. The first-order chi connectivity index (χ1) is 10.1. The largest absolute Gasteiger partial charge is 0.493 e. The number of aryl methyl sites for hydroxylation is 1. The Kier molecular flexibility index (Phi) is 6.46. The Labute approximate surface area is 128 Å². The predicted molar refractivity (Wildman–Crippen MR) is 84.6 cm³/mol. The Bertz CT molecular complexity index is 429. The summed E-state index contributed by atoms with van der Waals surface area (Å²) >= 11 is 0. The first-order valence-electron chi connectivity index (χ1n) is 8.02. The monoisotopic (exact) mass is 292 g/mol. The number of hydrogen-bond donors (Lipinski definition) is 1. The van der Waals surface area contributed by atoms with Gasteiger partial charge in [0.05, 0.1) is 6.61 Å². The molecule has 118 valence electrons. The lowest BCUT2D eigenvalue weighted by Crippen LogP contribution is -2.23. The molecule has 1 aromatic heterocycles. The highest BCUT2D eigenvalue weighted by atomic mass is 16.5. The lowest BCUT2D eigenvalue weighted by molar-refractivity contribution is 0.0496. The van der Waals surface area contributed by atoms with Crippen LogP contribution < -0.4 is 10.1 Å². The third kappa shape index (κ3) is 5.64. The molecule has 0 radical (unpaired) electrons. The van der Waals surface area contributed by atoms with Gasteiger partial charge in [-0.1, -0.05) is 13.8 Å². The minimum Gasteiger partial charge on any atom is -0.493 e. The molecule has 0 saturated carbocycles. The number of aromatic nitrogens is 1. The van der Waals surface area contributed by atoms with Crippen molar-refractivity contribution in [3.8, 4) is 5.75 Å². The van der Waals surface area contributed by atoms with E-state index >= 15 is 0 Å². The van der Waals surface area contributed by atoms with E-state index < -0.39 is 0 Å². The van der Waals surface area contributed by atoms with Crippen LogP contribution in [0, 0.1) is 18.8 Å². The first kappa shape index (κ1) is 16.2. The molecule has 0 bridgehead atoms. The zero-order valence-corrected chi connectivity index (χ0v) is 13.5. The van der Waals surface area contributed by atoms with Crippen molar-refractivity contribution < 1.29 is 9.47 Å². The van der Waals surface area contributed by atoms with Gasteiger partial charge in [0.25, 0.3) is 0 Å². The average molecular weight is 292 g/mol. The van der Waals surface area contributed by atoms with Gasteiger partial charge in [0, 0.05) is 43.3 Å². The van der Waals surface area contributed by atoms with Crippen LogP contribution in [0.4, 0.5) is 0 Å². The maximum atomic E-state index is 6.08. The quantitative estimate of drug-likeness (QED) is 0.839. The number of rotatable bonds is 7. The molecule has 1 aromatic rings. The van der Waals surface area contributed by atoms with Gasteiger partial charge in [-0.15, -0.1) is 0 Å². The summed E-state index contributed by atoms with van der Waals surface area (Å²) in [5.74, 6) is 2.24. The number of ether oxygens (including phenoxy) is 2. The van der Waals surface area contributed by atoms with E-state index in [1.807, 2.05) is 19.2 Å². The molecule has 0 unspecified atom stereocenters. The van der Waals surface area contributed by atoms with Crippen LogP contribution >= 0.6 is 0 Å². The zero-order valence-electron chi connectivity index (χ0n) is 13.5. The van der Waals surface area contributed by atoms with Gasteiger partial charge in [0.1, 0.15) is 5.75 Å². The van der Waals surface area contributed by atoms with Crippen LogP contribution in [0.5, 0.6) is 5.75 Å². The van der Waals surface area contributed by atoms with Gasteiger partial charge in [-0.3, -0.25) is 4.98 Å². The van der Waals surface area contributed by atoms with Crippen molar-refractivity contribution >= 4 is 0 Å². The molecule has 2 heterocycles. The average Bonchev–Trinajstić information content (AvgIpc) is 2.48. The molecule has 1 saturated heterocycles. The second kappa shape index (κ2) is 8.35. The summed E-state index contributed by atoms with van der Waals surface area (Å²) < 4.78 is 11.5. The fourth-order valence-electron chi connectivity index (χ4n) is 2.45. The van der Waals surface area contributed by atoms with Crippen LogP contribution in [0.2, 0.25) is 0 Å². The van der Waals surface area contributed by atoms with Crippen molar-refractivity contribution in [3.63, 3.8) is 0 Å². The van der Waals surface area contributed by atoms with Crippen LogP contribution in [0.15, 0.2) is 12.3 Å². The molecule has 4 nitrogen and oxygen atoms in total. The van der Waals surface area contributed by atoms with Crippen molar-refractivity contribution in [2.24, 2.45) is 11.8 Å². The SMILES string of the molecule is Cc1cc(OCC2CCOCC2)c(CNCC(C)C)cn1. The van der Waals surface area contributed by atoms with Crippen LogP contribution in [-0.2, 0) is 11.3 Å². The Hall–Kier alpha value is -1.13. The molecule has 21 heavy (non-hydrogen) atoms. The first-order valence-corrected chi connectivity index (χ1v) is 8.02. The Morgan fingerprint density at radius 2 is 2.14 bits per heavy atom. The maximum Gasteiger partial charge on any atom is 0.127 e. The molecule has 4 heteroatoms. The van der Waals surface area contributed by atoms with Crippen molar-refractivity contribution in [3.05, 3.63) is 23.5 Å². The second-order valence-electron chi connectivity index (χ2n) is 6.32. The summed E-state index contributed by atoms with van der Waals surface area (Å²) in [6.45, 7) is 10.8. The van der Waals surface area contributed by atoms with Crippen LogP contribution in [0.25, 0.3) is 0 Å². The standard InChI is InChI=1S/C17H28N2O2/c1-13(2)9-18-10-16-11-19-14(3)8-17(16)21-12-15-4-6-20-7-5-15/h8,11,13,15,18H,4-7,9-10,12H2,1-3H3. The summed E-state index contributed by atoms with van der Waals surface area (Å²) in [6, 6.07) is 2.05. The van der Waals surface area contributed by atoms with Gasteiger partial charge in [0.2, 0.25) is 0 Å². The van der Waals surface area contributed by atoms with Gasteiger partial charge >= 0.3 is 0 Å². The number of nitrogens with one attached hydrogen (secondary N) is 1. The molecule has 0 amide bonds. The smallest absolute Gasteiger partial charge is 0.127 e. The van der Waals surface area contributed by atoms with E-state index in [1.165, 1.54) is 0 Å². The Morgan fingerprint density at radius 3 is 2.86 bits per heavy atom. The summed E-state index contributed by atoms with van der Waals surface area (Å²) in [6.07, 6.45) is 4.14. The number of pyridine rings is 1. The highest BCUT2D eigenvalue weighted by Crippen LogP contribution is 2.22. The molecule has 0 aliphatic carbocycles. The maximum absolute atomic E-state index is 6.08. The van der Waals surface area contributed by atoms with Crippen molar-refractivity contribution in [2.45, 2.75) is 40.2 Å². The van der Waals surface area contributed by atoms with E-state index in [0.717, 1.165) is 62.8 Å². The van der Waals surface area contributed by atoms with E-state index in [2.05, 4.69) is 24.1 Å². The number of nitrogens with zero attached hydrogens (tertiary/aromatic N) is 1. The van der Waals surface area contributed by atoms with E-state index in [-0.39, 0.29) is 0 Å². The van der Waals surface area contributed by atoms with Gasteiger partial charge < -0.3 is 14.8 Å². The van der Waals surface area contributed by atoms with E-state index in [1.54, 1.807) is 0 Å². The van der Waals surface area contributed by atoms with Crippen LogP contribution in [0.1, 0.15) is 37.9 Å². The molecule has 1 N–H and O–H groups in total. The van der Waals surface area contributed by atoms with E-state index in [4.69, 9.17) is 9.47 Å². The van der Waals surface area contributed by atoms with Crippen LogP contribution in [-0.4, -0.2) is 31.3 Å². The van der Waals surface area contributed by atoms with Gasteiger partial charge in [-0.05, 0) is 38.1 Å². The van der Waals surface area contributed by atoms with Crippen molar-refractivity contribution in [1.82, 2.24) is 10.3 Å². The normalized spacial score (nSPS) is 16.4. The fraction of sp³-hybridized carbons (Fsp3) is 0.706. The molecule has 0 spiro atoms. The molecule has 1 aliphatic heterocycles. The highest BCUT2D eigenvalue weighted by Gasteiger charge is 2.15. The Balaban J connectivity index is 1.90. The van der Waals surface area contributed by atoms with Gasteiger partial charge in [-0.25, -0.2) is 0 Å². The van der Waals surface area contributed by atoms with Crippen molar-refractivity contribution in [2.75, 3.05) is 26.4 Å². The van der Waals surface area contributed by atoms with Crippen LogP contribution in [0.3, 0.4) is 0 Å². The van der Waals surface area contributed by atoms with Gasteiger partial charge in [0.15, 0.2) is 0 Å². The third-order valence-electron chi connectivity index (χ3n) is 3.76. The molecule has 2 rings (SSSR count). The summed E-state index contributed by atoms with van der Waals surface area (Å²) in [4.78, 5) is 4.39. The third-order valence-corrected chi connectivity index (χ3v) is 3.76. The lowest BCUT2D eigenvalue weighted by Gasteiger charge is -2.23. The zero-order chi connectivity index (χ0) is 15.1. The summed E-state index contributed by atoms with van der Waals surface area (Å²) in [5.41, 5.74) is 2.15. The van der Waals surface area contributed by atoms with Crippen molar-refractivity contribution in [1.29, 1.82) is 0 Å². The molecule has 0 aromatic carbocycles. The molecular formula is C17H28N2O2.